The summed E-state index contributed by atoms with van der Waals surface area (Å²) in [7, 11) is 1.95. The van der Waals surface area contributed by atoms with E-state index >= 15 is 0 Å². The van der Waals surface area contributed by atoms with Gasteiger partial charge in [-0.05, 0) is 61.9 Å². The molecular formula is C17H18BrN3. The molecule has 0 fully saturated rings. The maximum atomic E-state index is 4.52. The third kappa shape index (κ3) is 2.61. The normalized spacial score (nSPS) is 11.2. The number of hydrogen-bond acceptors (Lipinski definition) is 2. The Balaban J connectivity index is 2.12. The average Bonchev–Trinajstić information content (AvgIpc) is 2.85. The lowest BCUT2D eigenvalue weighted by Gasteiger charge is -2.09. The second-order valence-corrected chi connectivity index (χ2v) is 6.20. The molecule has 0 saturated heterocycles. The number of hydrogen-bond donors (Lipinski definition) is 1. The summed E-state index contributed by atoms with van der Waals surface area (Å²) >= 11 is 3.65. The van der Waals surface area contributed by atoms with Gasteiger partial charge < -0.3 is 5.32 Å². The van der Waals surface area contributed by atoms with Gasteiger partial charge in [0.25, 0.3) is 0 Å². The van der Waals surface area contributed by atoms with Crippen LogP contribution in [0.2, 0.25) is 0 Å². The molecule has 0 aliphatic carbocycles. The number of fused-ring (bicyclic) bond motifs is 1. The number of nitrogens with zero attached hydrogens (tertiary/aromatic N) is 2. The number of aromatic nitrogens is 2. The Morgan fingerprint density at radius 1 is 1.14 bits per heavy atom. The van der Waals surface area contributed by atoms with Crippen molar-refractivity contribution in [2.45, 2.75) is 20.4 Å². The molecule has 21 heavy (non-hydrogen) atoms. The number of aryl methyl sites for hydroxylation is 2. The highest BCUT2D eigenvalue weighted by Gasteiger charge is 2.08. The van der Waals surface area contributed by atoms with Crippen LogP contribution >= 0.6 is 15.9 Å². The highest BCUT2D eigenvalue weighted by atomic mass is 79.9. The fourth-order valence-corrected chi connectivity index (χ4v) is 3.00. The molecule has 3 aromatic rings. The van der Waals surface area contributed by atoms with E-state index in [0.29, 0.717) is 0 Å². The number of imidazole rings is 1. The standard InChI is InChI=1S/C17H18BrN3/c1-11-6-16-17(7-12(11)2)21(10-20-16)14-5-4-13(9-19-3)15(18)8-14/h4-8,10,19H,9H2,1-3H3. The zero-order valence-corrected chi connectivity index (χ0v) is 14.0. The van der Waals surface area contributed by atoms with Gasteiger partial charge in [0, 0.05) is 16.7 Å². The minimum Gasteiger partial charge on any atom is -0.316 e. The van der Waals surface area contributed by atoms with Crippen molar-refractivity contribution in [2.24, 2.45) is 0 Å². The molecule has 0 unspecified atom stereocenters. The van der Waals surface area contributed by atoms with Crippen LogP contribution in [0.25, 0.3) is 16.7 Å². The predicted octanol–water partition coefficient (Wildman–Crippen LogP) is 4.12. The minimum atomic E-state index is 0.851. The van der Waals surface area contributed by atoms with Crippen LogP contribution in [0.5, 0.6) is 0 Å². The van der Waals surface area contributed by atoms with Crippen LogP contribution in [0.3, 0.4) is 0 Å². The minimum absolute atomic E-state index is 0.851. The average molecular weight is 344 g/mol. The molecule has 3 nitrogen and oxygen atoms in total. The van der Waals surface area contributed by atoms with Crippen molar-refractivity contribution in [3.8, 4) is 5.69 Å². The first-order valence-electron chi connectivity index (χ1n) is 6.98. The third-order valence-electron chi connectivity index (χ3n) is 3.84. The van der Waals surface area contributed by atoms with Gasteiger partial charge in [-0.15, -0.1) is 0 Å². The zero-order valence-electron chi connectivity index (χ0n) is 12.4. The van der Waals surface area contributed by atoms with Crippen molar-refractivity contribution in [2.75, 3.05) is 7.05 Å². The molecule has 0 amide bonds. The number of benzene rings is 2. The maximum absolute atomic E-state index is 4.52. The van der Waals surface area contributed by atoms with Gasteiger partial charge in [0.05, 0.1) is 11.0 Å². The summed E-state index contributed by atoms with van der Waals surface area (Å²) in [6, 6.07) is 10.8. The number of nitrogens with one attached hydrogen (secondary N) is 1. The van der Waals surface area contributed by atoms with E-state index in [-0.39, 0.29) is 0 Å². The van der Waals surface area contributed by atoms with Gasteiger partial charge in [-0.2, -0.15) is 0 Å². The van der Waals surface area contributed by atoms with E-state index in [9.17, 15) is 0 Å². The lowest BCUT2D eigenvalue weighted by atomic mass is 10.1. The molecule has 3 rings (SSSR count). The first-order chi connectivity index (χ1) is 10.1. The Bertz CT molecular complexity index is 805. The molecule has 0 spiro atoms. The quantitative estimate of drug-likeness (QED) is 0.774. The molecule has 1 heterocycles. The Labute approximate surface area is 133 Å². The summed E-state index contributed by atoms with van der Waals surface area (Å²) < 4.78 is 3.25. The molecule has 108 valence electrons. The fourth-order valence-electron chi connectivity index (χ4n) is 2.49. The Morgan fingerprint density at radius 3 is 2.62 bits per heavy atom. The van der Waals surface area contributed by atoms with Crippen molar-refractivity contribution < 1.29 is 0 Å². The van der Waals surface area contributed by atoms with Crippen LogP contribution in [0.1, 0.15) is 16.7 Å². The van der Waals surface area contributed by atoms with Crippen molar-refractivity contribution in [3.63, 3.8) is 0 Å². The molecular weight excluding hydrogens is 326 g/mol. The van der Waals surface area contributed by atoms with Crippen molar-refractivity contribution in [1.82, 2.24) is 14.9 Å². The molecule has 0 radical (unpaired) electrons. The monoisotopic (exact) mass is 343 g/mol. The predicted molar refractivity (Wildman–Crippen MR) is 91.0 cm³/mol. The zero-order chi connectivity index (χ0) is 15.0. The smallest absolute Gasteiger partial charge is 0.100 e. The second-order valence-electron chi connectivity index (χ2n) is 5.35. The molecule has 2 aromatic carbocycles. The molecule has 0 aliphatic rings. The maximum Gasteiger partial charge on any atom is 0.100 e. The first-order valence-corrected chi connectivity index (χ1v) is 7.77. The molecule has 0 saturated carbocycles. The van der Waals surface area contributed by atoms with Crippen LogP contribution in [0.15, 0.2) is 41.1 Å². The topological polar surface area (TPSA) is 29.9 Å². The first kappa shape index (κ1) is 14.3. The third-order valence-corrected chi connectivity index (χ3v) is 4.58. The molecule has 1 aromatic heterocycles. The molecule has 0 atom stereocenters. The number of rotatable bonds is 3. The van der Waals surface area contributed by atoms with Crippen LogP contribution in [-0.4, -0.2) is 16.6 Å². The van der Waals surface area contributed by atoms with Gasteiger partial charge in [-0.1, -0.05) is 22.0 Å². The summed E-state index contributed by atoms with van der Waals surface area (Å²) in [5.74, 6) is 0. The lowest BCUT2D eigenvalue weighted by molar-refractivity contribution is 0.814. The van der Waals surface area contributed by atoms with E-state index in [4.69, 9.17) is 0 Å². The van der Waals surface area contributed by atoms with Crippen LogP contribution in [-0.2, 0) is 6.54 Å². The Hall–Kier alpha value is -1.65. The van der Waals surface area contributed by atoms with Gasteiger partial charge in [0.15, 0.2) is 0 Å². The number of halogens is 1. The van der Waals surface area contributed by atoms with E-state index in [1.807, 2.05) is 13.4 Å². The van der Waals surface area contributed by atoms with Gasteiger partial charge in [0.1, 0.15) is 6.33 Å². The SMILES string of the molecule is CNCc1ccc(-n2cnc3cc(C)c(C)cc32)cc1Br. The van der Waals surface area contributed by atoms with Gasteiger partial charge >= 0.3 is 0 Å². The van der Waals surface area contributed by atoms with E-state index in [1.54, 1.807) is 0 Å². The molecule has 4 heteroatoms. The van der Waals surface area contributed by atoms with Gasteiger partial charge in [0.2, 0.25) is 0 Å². The summed E-state index contributed by atoms with van der Waals surface area (Å²) in [6.07, 6.45) is 1.89. The van der Waals surface area contributed by atoms with E-state index in [1.165, 1.54) is 16.7 Å². The Morgan fingerprint density at radius 2 is 1.90 bits per heavy atom. The van der Waals surface area contributed by atoms with E-state index in [2.05, 4.69) is 75.0 Å². The largest absolute Gasteiger partial charge is 0.316 e. The highest BCUT2D eigenvalue weighted by molar-refractivity contribution is 9.10. The molecule has 0 bridgehead atoms. The van der Waals surface area contributed by atoms with Crippen molar-refractivity contribution in [1.29, 1.82) is 0 Å². The highest BCUT2D eigenvalue weighted by Crippen LogP contribution is 2.25. The summed E-state index contributed by atoms with van der Waals surface area (Å²) in [5.41, 5.74) is 7.11. The van der Waals surface area contributed by atoms with E-state index < -0.39 is 0 Å². The summed E-state index contributed by atoms with van der Waals surface area (Å²) in [6.45, 7) is 5.11. The lowest BCUT2D eigenvalue weighted by Crippen LogP contribution is -2.06. The van der Waals surface area contributed by atoms with Crippen LogP contribution in [0.4, 0.5) is 0 Å². The van der Waals surface area contributed by atoms with Gasteiger partial charge in [-0.3, -0.25) is 4.57 Å². The Kier molecular flexibility index (Phi) is 3.83. The molecule has 1 N–H and O–H groups in total. The van der Waals surface area contributed by atoms with Crippen molar-refractivity contribution in [3.05, 3.63) is 57.8 Å². The summed E-state index contributed by atoms with van der Waals surface area (Å²) in [4.78, 5) is 4.52. The van der Waals surface area contributed by atoms with E-state index in [0.717, 1.165) is 27.7 Å². The van der Waals surface area contributed by atoms with Crippen molar-refractivity contribution >= 4 is 27.0 Å². The van der Waals surface area contributed by atoms with Gasteiger partial charge in [-0.25, -0.2) is 4.98 Å². The van der Waals surface area contributed by atoms with Crippen LogP contribution < -0.4 is 5.32 Å². The van der Waals surface area contributed by atoms with Crippen LogP contribution in [0, 0.1) is 13.8 Å². The fraction of sp³-hybridized carbons (Fsp3) is 0.235. The summed E-state index contributed by atoms with van der Waals surface area (Å²) in [5, 5.41) is 3.17. The second kappa shape index (κ2) is 5.62. The molecule has 0 aliphatic heterocycles.